The van der Waals surface area contributed by atoms with Gasteiger partial charge in [-0.1, -0.05) is 0 Å². The molecule has 1 amide bonds. The van der Waals surface area contributed by atoms with Crippen LogP contribution < -0.4 is 4.74 Å². The molecule has 2 aliphatic rings. The molecule has 22 heavy (non-hydrogen) atoms. The average molecular weight is 307 g/mol. The Hall–Kier alpha value is -1.70. The van der Waals surface area contributed by atoms with Crippen molar-refractivity contribution in [2.24, 2.45) is 0 Å². The molecule has 7 nitrogen and oxygen atoms in total. The summed E-state index contributed by atoms with van der Waals surface area (Å²) in [7, 11) is 1.49. The number of hydrogen-bond acceptors (Lipinski definition) is 6. The topological polar surface area (TPSA) is 75.1 Å². The fourth-order valence-electron chi connectivity index (χ4n) is 3.09. The van der Waals surface area contributed by atoms with Gasteiger partial charge in [0.1, 0.15) is 5.56 Å². The van der Waals surface area contributed by atoms with E-state index in [0.717, 1.165) is 13.1 Å². The number of likely N-dealkylation sites (tertiary alicyclic amines) is 1. The number of pyridine rings is 1. The second kappa shape index (κ2) is 6.60. The largest absolute Gasteiger partial charge is 0.480 e. The van der Waals surface area contributed by atoms with Crippen LogP contribution in [-0.4, -0.2) is 84.4 Å². The van der Waals surface area contributed by atoms with Crippen LogP contribution in [0.2, 0.25) is 0 Å². The molecule has 0 radical (unpaired) electrons. The molecule has 2 atom stereocenters. The Labute approximate surface area is 129 Å². The van der Waals surface area contributed by atoms with Crippen LogP contribution in [0.4, 0.5) is 0 Å². The molecule has 120 valence electrons. The van der Waals surface area contributed by atoms with Gasteiger partial charge in [0.25, 0.3) is 5.91 Å². The number of hydrogen-bond donors (Lipinski definition) is 1. The van der Waals surface area contributed by atoms with Gasteiger partial charge in [-0.15, -0.1) is 0 Å². The molecule has 7 heteroatoms. The van der Waals surface area contributed by atoms with Gasteiger partial charge >= 0.3 is 0 Å². The maximum atomic E-state index is 12.7. The summed E-state index contributed by atoms with van der Waals surface area (Å²) in [5.41, 5.74) is 0.430. The molecule has 0 bridgehead atoms. The van der Waals surface area contributed by atoms with E-state index in [0.29, 0.717) is 37.7 Å². The molecular weight excluding hydrogens is 286 g/mol. The predicted molar refractivity (Wildman–Crippen MR) is 78.9 cm³/mol. The van der Waals surface area contributed by atoms with Gasteiger partial charge in [0.2, 0.25) is 5.88 Å². The summed E-state index contributed by atoms with van der Waals surface area (Å²) in [6.45, 7) is 3.78. The number of β-amino-alcohol motifs (C(OH)–C–C–N with tert-alkyl or cyclic N) is 1. The van der Waals surface area contributed by atoms with Crippen LogP contribution in [0.5, 0.6) is 5.88 Å². The van der Waals surface area contributed by atoms with Crippen LogP contribution in [0.25, 0.3) is 0 Å². The summed E-state index contributed by atoms with van der Waals surface area (Å²) in [6, 6.07) is 3.38. The summed E-state index contributed by atoms with van der Waals surface area (Å²) in [5, 5.41) is 10.3. The number of carbonyl (C=O) groups is 1. The highest BCUT2D eigenvalue weighted by Crippen LogP contribution is 2.22. The monoisotopic (exact) mass is 307 g/mol. The maximum absolute atomic E-state index is 12.7. The summed E-state index contributed by atoms with van der Waals surface area (Å²) < 4.78 is 10.5. The first-order chi connectivity index (χ1) is 10.7. The molecule has 3 heterocycles. The molecule has 2 fully saturated rings. The number of aromatic nitrogens is 1. The third-order valence-electron chi connectivity index (χ3n) is 4.26. The van der Waals surface area contributed by atoms with Crippen molar-refractivity contribution in [3.8, 4) is 5.88 Å². The minimum atomic E-state index is -0.537. The fraction of sp³-hybridized carbons (Fsp3) is 0.600. The molecule has 1 N–H and O–H groups in total. The number of aliphatic hydroxyl groups excluding tert-OH is 1. The Balaban J connectivity index is 1.72. The first-order valence-corrected chi connectivity index (χ1v) is 7.49. The highest BCUT2D eigenvalue weighted by molar-refractivity contribution is 5.96. The van der Waals surface area contributed by atoms with E-state index in [4.69, 9.17) is 9.47 Å². The van der Waals surface area contributed by atoms with E-state index in [1.807, 2.05) is 0 Å². The molecule has 2 saturated heterocycles. The summed E-state index contributed by atoms with van der Waals surface area (Å²) in [4.78, 5) is 20.6. The molecule has 3 rings (SSSR count). The van der Waals surface area contributed by atoms with Crippen molar-refractivity contribution < 1.29 is 19.4 Å². The zero-order valence-corrected chi connectivity index (χ0v) is 12.6. The van der Waals surface area contributed by atoms with E-state index >= 15 is 0 Å². The zero-order valence-electron chi connectivity index (χ0n) is 12.6. The predicted octanol–water partition coefficient (Wildman–Crippen LogP) is -0.392. The maximum Gasteiger partial charge on any atom is 0.259 e. The summed E-state index contributed by atoms with van der Waals surface area (Å²) >= 11 is 0. The molecular formula is C15H21N3O4. The molecule has 0 aliphatic carbocycles. The number of amides is 1. The fourth-order valence-corrected chi connectivity index (χ4v) is 3.09. The van der Waals surface area contributed by atoms with Crippen molar-refractivity contribution >= 4 is 5.91 Å². The summed E-state index contributed by atoms with van der Waals surface area (Å²) in [5.74, 6) is 0.163. The quantitative estimate of drug-likeness (QED) is 0.819. The standard InChI is InChI=1S/C15H21N3O4/c1-21-14-11(3-2-4-16-14)15(20)18-9-12(13(19)10-18)17-5-7-22-8-6-17/h2-4,12-13,19H,5-10H2,1H3/t12-,13-/m1/s1. The van der Waals surface area contributed by atoms with Crippen molar-refractivity contribution in [2.45, 2.75) is 12.1 Å². The van der Waals surface area contributed by atoms with Crippen molar-refractivity contribution in [1.29, 1.82) is 0 Å². The van der Waals surface area contributed by atoms with E-state index in [9.17, 15) is 9.90 Å². The number of rotatable bonds is 3. The van der Waals surface area contributed by atoms with Crippen LogP contribution in [0.15, 0.2) is 18.3 Å². The molecule has 1 aromatic rings. The second-order valence-electron chi connectivity index (χ2n) is 5.55. The van der Waals surface area contributed by atoms with Crippen LogP contribution in [0, 0.1) is 0 Å². The Morgan fingerprint density at radius 1 is 1.41 bits per heavy atom. The Kier molecular flexibility index (Phi) is 4.56. The van der Waals surface area contributed by atoms with Gasteiger partial charge in [0.15, 0.2) is 0 Å². The molecule has 0 saturated carbocycles. The molecule has 0 spiro atoms. The highest BCUT2D eigenvalue weighted by Gasteiger charge is 2.38. The third-order valence-corrected chi connectivity index (χ3v) is 4.26. The van der Waals surface area contributed by atoms with Gasteiger partial charge in [-0.3, -0.25) is 9.69 Å². The van der Waals surface area contributed by atoms with Gasteiger partial charge in [0, 0.05) is 32.4 Å². The van der Waals surface area contributed by atoms with Gasteiger partial charge in [-0.25, -0.2) is 4.98 Å². The van der Waals surface area contributed by atoms with Crippen LogP contribution in [0.3, 0.4) is 0 Å². The average Bonchev–Trinajstić information content (AvgIpc) is 2.97. The van der Waals surface area contributed by atoms with E-state index in [1.54, 1.807) is 23.2 Å². The second-order valence-corrected chi connectivity index (χ2v) is 5.55. The first-order valence-electron chi connectivity index (χ1n) is 7.49. The molecule has 1 aromatic heterocycles. The lowest BCUT2D eigenvalue weighted by Crippen LogP contribution is -2.49. The lowest BCUT2D eigenvalue weighted by atomic mass is 10.1. The van der Waals surface area contributed by atoms with Gasteiger partial charge < -0.3 is 19.5 Å². The first kappa shape index (κ1) is 15.2. The van der Waals surface area contributed by atoms with Crippen LogP contribution in [0.1, 0.15) is 10.4 Å². The van der Waals surface area contributed by atoms with E-state index in [-0.39, 0.29) is 11.9 Å². The molecule has 0 unspecified atom stereocenters. The minimum absolute atomic E-state index is 0.0319. The minimum Gasteiger partial charge on any atom is -0.480 e. The van der Waals surface area contributed by atoms with E-state index in [1.165, 1.54) is 7.11 Å². The number of aliphatic hydroxyl groups is 1. The van der Waals surface area contributed by atoms with Crippen molar-refractivity contribution in [3.05, 3.63) is 23.9 Å². The Morgan fingerprint density at radius 2 is 2.18 bits per heavy atom. The number of ether oxygens (including phenoxy) is 2. The normalized spacial score (nSPS) is 26.2. The molecule has 0 aromatic carbocycles. The van der Waals surface area contributed by atoms with E-state index in [2.05, 4.69) is 9.88 Å². The summed E-state index contributed by atoms with van der Waals surface area (Å²) in [6.07, 6.45) is 1.05. The smallest absolute Gasteiger partial charge is 0.259 e. The van der Waals surface area contributed by atoms with Gasteiger partial charge in [-0.2, -0.15) is 0 Å². The van der Waals surface area contributed by atoms with Gasteiger partial charge in [0.05, 0.1) is 32.5 Å². The van der Waals surface area contributed by atoms with Crippen molar-refractivity contribution in [1.82, 2.24) is 14.8 Å². The van der Waals surface area contributed by atoms with Crippen LogP contribution in [-0.2, 0) is 4.74 Å². The zero-order chi connectivity index (χ0) is 15.5. The number of nitrogens with zero attached hydrogens (tertiary/aromatic N) is 3. The number of carbonyl (C=O) groups excluding carboxylic acids is 1. The lowest BCUT2D eigenvalue weighted by Gasteiger charge is -2.33. The highest BCUT2D eigenvalue weighted by atomic mass is 16.5. The Bertz CT molecular complexity index is 533. The number of methoxy groups -OCH3 is 1. The number of morpholine rings is 1. The van der Waals surface area contributed by atoms with Gasteiger partial charge in [-0.05, 0) is 12.1 Å². The molecule has 2 aliphatic heterocycles. The third kappa shape index (κ3) is 2.92. The van der Waals surface area contributed by atoms with Crippen LogP contribution >= 0.6 is 0 Å². The lowest BCUT2D eigenvalue weighted by molar-refractivity contribution is -0.00611. The SMILES string of the molecule is COc1ncccc1C(=O)N1C[C@@H](O)[C@H](N2CCOCC2)C1. The van der Waals surface area contributed by atoms with Crippen molar-refractivity contribution in [2.75, 3.05) is 46.5 Å². The Morgan fingerprint density at radius 3 is 2.91 bits per heavy atom. The van der Waals surface area contributed by atoms with E-state index < -0.39 is 6.10 Å². The van der Waals surface area contributed by atoms with Crippen molar-refractivity contribution in [3.63, 3.8) is 0 Å².